The SMILES string of the molecule is COC(=O)c1ccc(CN2CCC3(CC2)CN(C(=O)C(C)(C)C)c2ccc(F)cc23)cc1. The number of rotatable bonds is 3. The van der Waals surface area contributed by atoms with E-state index in [1.165, 1.54) is 13.2 Å². The highest BCUT2D eigenvalue weighted by molar-refractivity contribution is 5.99. The van der Waals surface area contributed by atoms with Gasteiger partial charge in [0.05, 0.1) is 12.7 Å². The average molecular weight is 439 g/mol. The fourth-order valence-electron chi connectivity index (χ4n) is 4.92. The summed E-state index contributed by atoms with van der Waals surface area (Å²) in [6, 6.07) is 12.3. The predicted molar refractivity (Wildman–Crippen MR) is 122 cm³/mol. The van der Waals surface area contributed by atoms with E-state index in [0.29, 0.717) is 12.1 Å². The van der Waals surface area contributed by atoms with Crippen LogP contribution in [0, 0.1) is 11.2 Å². The van der Waals surface area contributed by atoms with Gasteiger partial charge in [-0.25, -0.2) is 9.18 Å². The smallest absolute Gasteiger partial charge is 0.337 e. The molecule has 2 heterocycles. The molecule has 2 aromatic carbocycles. The third kappa shape index (κ3) is 4.16. The van der Waals surface area contributed by atoms with Crippen LogP contribution >= 0.6 is 0 Å². The van der Waals surface area contributed by atoms with Crippen LogP contribution < -0.4 is 4.90 Å². The van der Waals surface area contributed by atoms with E-state index in [0.717, 1.165) is 49.3 Å². The van der Waals surface area contributed by atoms with E-state index < -0.39 is 5.41 Å². The van der Waals surface area contributed by atoms with Gasteiger partial charge >= 0.3 is 5.97 Å². The van der Waals surface area contributed by atoms with Gasteiger partial charge in [0, 0.05) is 29.6 Å². The van der Waals surface area contributed by atoms with Crippen molar-refractivity contribution in [1.82, 2.24) is 4.90 Å². The van der Waals surface area contributed by atoms with E-state index in [1.807, 2.05) is 37.8 Å². The molecule has 2 aliphatic heterocycles. The standard InChI is InChI=1S/C26H31FN2O3/c1-25(2,3)24(31)29-17-26(21-15-20(27)9-10-22(21)29)11-13-28(14-12-26)16-18-5-7-19(8-6-18)23(30)32-4/h5-10,15H,11-14,16-17H2,1-4H3. The van der Waals surface area contributed by atoms with Crippen molar-refractivity contribution in [2.75, 3.05) is 31.6 Å². The quantitative estimate of drug-likeness (QED) is 0.661. The van der Waals surface area contributed by atoms with E-state index in [1.54, 1.807) is 24.3 Å². The fourth-order valence-corrected chi connectivity index (χ4v) is 4.92. The van der Waals surface area contributed by atoms with Crippen LogP contribution in [0.5, 0.6) is 0 Å². The molecule has 2 aromatic rings. The Labute approximate surface area is 189 Å². The summed E-state index contributed by atoms with van der Waals surface area (Å²) >= 11 is 0. The van der Waals surface area contributed by atoms with Crippen LogP contribution in [-0.2, 0) is 21.5 Å². The Hall–Kier alpha value is -2.73. The lowest BCUT2D eigenvalue weighted by Crippen LogP contribution is -2.47. The maximum atomic E-state index is 14.2. The molecule has 0 N–H and O–H groups in total. The van der Waals surface area contributed by atoms with Crippen molar-refractivity contribution in [3.05, 3.63) is 65.0 Å². The van der Waals surface area contributed by atoms with E-state index in [-0.39, 0.29) is 23.1 Å². The summed E-state index contributed by atoms with van der Waals surface area (Å²) < 4.78 is 19.0. The van der Waals surface area contributed by atoms with Gasteiger partial charge in [-0.1, -0.05) is 32.9 Å². The number of amides is 1. The molecule has 1 amide bonds. The third-order valence-electron chi connectivity index (χ3n) is 6.76. The number of anilines is 1. The van der Waals surface area contributed by atoms with Crippen LogP contribution in [-0.4, -0.2) is 43.5 Å². The maximum absolute atomic E-state index is 14.2. The first kappa shape index (κ1) is 22.5. The van der Waals surface area contributed by atoms with Crippen molar-refractivity contribution in [3.8, 4) is 0 Å². The highest BCUT2D eigenvalue weighted by Gasteiger charge is 2.47. The van der Waals surface area contributed by atoms with E-state index in [4.69, 9.17) is 4.74 Å². The number of halogens is 1. The van der Waals surface area contributed by atoms with Gasteiger partial charge < -0.3 is 9.64 Å². The molecule has 1 saturated heterocycles. The molecular weight excluding hydrogens is 407 g/mol. The topological polar surface area (TPSA) is 49.9 Å². The number of carbonyl (C=O) groups is 2. The molecule has 2 aliphatic rings. The predicted octanol–water partition coefficient (Wildman–Crippen LogP) is 4.54. The van der Waals surface area contributed by atoms with Crippen LogP contribution in [0.1, 0.15) is 55.1 Å². The van der Waals surface area contributed by atoms with Crippen LogP contribution in [0.25, 0.3) is 0 Å². The normalized spacial score (nSPS) is 18.0. The zero-order chi connectivity index (χ0) is 23.1. The molecular formula is C26H31FN2O3. The molecule has 4 rings (SSSR count). The maximum Gasteiger partial charge on any atom is 0.337 e. The second-order valence-electron chi connectivity index (χ2n) is 10.0. The van der Waals surface area contributed by atoms with E-state index >= 15 is 0 Å². The Morgan fingerprint density at radius 2 is 1.72 bits per heavy atom. The number of likely N-dealkylation sites (tertiary alicyclic amines) is 1. The van der Waals surface area contributed by atoms with Crippen molar-refractivity contribution < 1.29 is 18.7 Å². The summed E-state index contributed by atoms with van der Waals surface area (Å²) in [5.41, 5.74) is 2.81. The number of hydrogen-bond donors (Lipinski definition) is 0. The molecule has 32 heavy (non-hydrogen) atoms. The minimum atomic E-state index is -0.492. The summed E-state index contributed by atoms with van der Waals surface area (Å²) in [6.45, 7) is 8.92. The van der Waals surface area contributed by atoms with E-state index in [2.05, 4.69) is 4.90 Å². The second-order valence-corrected chi connectivity index (χ2v) is 10.0. The molecule has 5 nitrogen and oxygen atoms in total. The Kier molecular flexibility index (Phi) is 5.84. The van der Waals surface area contributed by atoms with Gasteiger partial charge in [-0.15, -0.1) is 0 Å². The highest BCUT2D eigenvalue weighted by Crippen LogP contribution is 2.48. The number of methoxy groups -OCH3 is 1. The molecule has 170 valence electrons. The number of nitrogens with zero attached hydrogens (tertiary/aromatic N) is 2. The van der Waals surface area contributed by atoms with Crippen LogP contribution in [0.4, 0.5) is 10.1 Å². The lowest BCUT2D eigenvalue weighted by molar-refractivity contribution is -0.125. The molecule has 1 spiro atoms. The molecule has 0 bridgehead atoms. The van der Waals surface area contributed by atoms with E-state index in [9.17, 15) is 14.0 Å². The summed E-state index contributed by atoms with van der Waals surface area (Å²) in [5, 5.41) is 0. The molecule has 0 saturated carbocycles. The number of ether oxygens (including phenoxy) is 1. The van der Waals surface area contributed by atoms with Crippen molar-refractivity contribution in [2.24, 2.45) is 5.41 Å². The Morgan fingerprint density at radius 3 is 2.31 bits per heavy atom. The molecule has 1 fully saturated rings. The summed E-state index contributed by atoms with van der Waals surface area (Å²) in [6.07, 6.45) is 1.75. The molecule has 0 atom stereocenters. The highest BCUT2D eigenvalue weighted by atomic mass is 19.1. The minimum absolute atomic E-state index is 0.0790. The molecule has 0 aliphatic carbocycles. The number of fused-ring (bicyclic) bond motifs is 2. The molecule has 6 heteroatoms. The van der Waals surface area contributed by atoms with Crippen LogP contribution in [0.15, 0.2) is 42.5 Å². The monoisotopic (exact) mass is 438 g/mol. The number of hydrogen-bond acceptors (Lipinski definition) is 4. The minimum Gasteiger partial charge on any atom is -0.465 e. The van der Waals surface area contributed by atoms with Gasteiger partial charge in [0.15, 0.2) is 0 Å². The van der Waals surface area contributed by atoms with Gasteiger partial charge in [-0.3, -0.25) is 9.69 Å². The number of benzene rings is 2. The van der Waals surface area contributed by atoms with Gasteiger partial charge in [-0.2, -0.15) is 0 Å². The Balaban J connectivity index is 1.49. The lowest BCUT2D eigenvalue weighted by Gasteiger charge is -2.40. The lowest BCUT2D eigenvalue weighted by atomic mass is 9.74. The van der Waals surface area contributed by atoms with Crippen LogP contribution in [0.3, 0.4) is 0 Å². The molecule has 0 radical (unpaired) electrons. The first-order valence-electron chi connectivity index (χ1n) is 11.1. The van der Waals surface area contributed by atoms with Gasteiger partial charge in [0.25, 0.3) is 0 Å². The third-order valence-corrected chi connectivity index (χ3v) is 6.76. The summed E-state index contributed by atoms with van der Waals surface area (Å²) in [5.74, 6) is -0.505. The zero-order valence-corrected chi connectivity index (χ0v) is 19.3. The summed E-state index contributed by atoms with van der Waals surface area (Å²) in [4.78, 5) is 29.0. The molecule has 0 aromatic heterocycles. The molecule has 0 unspecified atom stereocenters. The Bertz CT molecular complexity index is 1020. The largest absolute Gasteiger partial charge is 0.465 e. The second kappa shape index (κ2) is 8.32. The van der Waals surface area contributed by atoms with Crippen molar-refractivity contribution in [3.63, 3.8) is 0 Å². The summed E-state index contributed by atoms with van der Waals surface area (Å²) in [7, 11) is 1.38. The average Bonchev–Trinajstić information content (AvgIpc) is 3.07. The number of piperidine rings is 1. The number of esters is 1. The first-order valence-corrected chi connectivity index (χ1v) is 11.1. The first-order chi connectivity index (χ1) is 15.1. The van der Waals surface area contributed by atoms with Gasteiger partial charge in [-0.05, 0) is 67.4 Å². The van der Waals surface area contributed by atoms with Crippen molar-refractivity contribution >= 4 is 17.6 Å². The van der Waals surface area contributed by atoms with Crippen molar-refractivity contribution in [1.29, 1.82) is 0 Å². The van der Waals surface area contributed by atoms with Crippen LogP contribution in [0.2, 0.25) is 0 Å². The fraction of sp³-hybridized carbons (Fsp3) is 0.462. The van der Waals surface area contributed by atoms with Crippen molar-refractivity contribution in [2.45, 2.75) is 45.6 Å². The zero-order valence-electron chi connectivity index (χ0n) is 19.3. The van der Waals surface area contributed by atoms with Gasteiger partial charge in [0.2, 0.25) is 5.91 Å². The Morgan fingerprint density at radius 1 is 1.06 bits per heavy atom. The number of carbonyl (C=O) groups excluding carboxylic acids is 2. The van der Waals surface area contributed by atoms with Gasteiger partial charge in [0.1, 0.15) is 5.82 Å².